The van der Waals surface area contributed by atoms with Gasteiger partial charge >= 0.3 is 0 Å². The lowest BCUT2D eigenvalue weighted by molar-refractivity contribution is -0.124. The van der Waals surface area contributed by atoms with Crippen molar-refractivity contribution in [3.05, 3.63) is 59.7 Å². The van der Waals surface area contributed by atoms with Crippen LogP contribution < -0.4 is 21.1 Å². The largest absolute Gasteiger partial charge is 0.484 e. The molecule has 0 radical (unpaired) electrons. The summed E-state index contributed by atoms with van der Waals surface area (Å²) in [6.45, 7) is 8.27. The van der Waals surface area contributed by atoms with E-state index in [1.165, 1.54) is 0 Å². The van der Waals surface area contributed by atoms with E-state index in [-0.39, 0.29) is 23.8 Å². The van der Waals surface area contributed by atoms with Crippen LogP contribution in [0.15, 0.2) is 48.5 Å². The van der Waals surface area contributed by atoms with Crippen molar-refractivity contribution in [3.8, 4) is 5.75 Å². The van der Waals surface area contributed by atoms with Crippen molar-refractivity contribution in [2.24, 2.45) is 11.1 Å². The monoisotopic (exact) mass is 397 g/mol. The molecule has 156 valence electrons. The Hall–Kier alpha value is -2.86. The van der Waals surface area contributed by atoms with Gasteiger partial charge in [-0.25, -0.2) is 0 Å². The third kappa shape index (κ3) is 7.58. The number of carbonyl (C=O) groups is 2. The number of hydrogen-bond donors (Lipinski definition) is 3. The maximum atomic E-state index is 12.0. The molecule has 0 saturated heterocycles. The molecule has 0 spiro atoms. The molecule has 0 aliphatic carbocycles. The second kappa shape index (κ2) is 10.1. The maximum absolute atomic E-state index is 12.0. The average Bonchev–Trinajstić information content (AvgIpc) is 2.67. The van der Waals surface area contributed by atoms with Crippen molar-refractivity contribution < 1.29 is 14.3 Å². The highest BCUT2D eigenvalue weighted by Gasteiger charge is 2.26. The van der Waals surface area contributed by atoms with Crippen LogP contribution in [0.25, 0.3) is 0 Å². The normalized spacial score (nSPS) is 12.2. The summed E-state index contributed by atoms with van der Waals surface area (Å²) in [6, 6.07) is 14.5. The van der Waals surface area contributed by atoms with Gasteiger partial charge in [0.1, 0.15) is 5.75 Å². The summed E-state index contributed by atoms with van der Waals surface area (Å²) in [4.78, 5) is 24.0. The molecule has 2 aromatic rings. The molecule has 1 atom stereocenters. The lowest BCUT2D eigenvalue weighted by Gasteiger charge is -2.25. The van der Waals surface area contributed by atoms with Crippen molar-refractivity contribution in [1.82, 2.24) is 5.32 Å². The Morgan fingerprint density at radius 1 is 1.03 bits per heavy atom. The number of aryl methyl sites for hydroxylation is 1. The number of amides is 2. The van der Waals surface area contributed by atoms with E-state index in [1.54, 1.807) is 0 Å². The zero-order chi connectivity index (χ0) is 21.4. The highest BCUT2D eigenvalue weighted by molar-refractivity contribution is 5.91. The van der Waals surface area contributed by atoms with Gasteiger partial charge in [-0.3, -0.25) is 9.59 Å². The Bertz CT molecular complexity index is 809. The smallest absolute Gasteiger partial charge is 0.262 e. The minimum atomic E-state index is -0.538. The number of nitrogens with two attached hydrogens (primary N) is 1. The number of anilines is 1. The van der Waals surface area contributed by atoms with Crippen molar-refractivity contribution in [2.75, 3.05) is 18.5 Å². The molecule has 0 aliphatic heterocycles. The Labute approximate surface area is 172 Å². The van der Waals surface area contributed by atoms with Crippen molar-refractivity contribution in [2.45, 2.75) is 40.2 Å². The van der Waals surface area contributed by atoms with E-state index in [9.17, 15) is 9.59 Å². The molecule has 29 heavy (non-hydrogen) atoms. The Morgan fingerprint density at radius 2 is 1.66 bits per heavy atom. The van der Waals surface area contributed by atoms with Crippen LogP contribution in [0, 0.1) is 12.3 Å². The van der Waals surface area contributed by atoms with Crippen molar-refractivity contribution in [3.63, 3.8) is 0 Å². The number of ether oxygens (including phenoxy) is 1. The minimum absolute atomic E-state index is 0.0615. The molecular formula is C23H31N3O3. The van der Waals surface area contributed by atoms with E-state index in [2.05, 4.69) is 10.6 Å². The third-order valence-corrected chi connectivity index (χ3v) is 4.56. The highest BCUT2D eigenvalue weighted by atomic mass is 16.5. The zero-order valence-corrected chi connectivity index (χ0v) is 17.6. The molecule has 0 heterocycles. The van der Waals surface area contributed by atoms with Crippen LogP contribution in [-0.4, -0.2) is 31.0 Å². The van der Waals surface area contributed by atoms with E-state index < -0.39 is 6.04 Å². The molecule has 6 heteroatoms. The standard InChI is InChI=1S/C23H31N3O3/c1-16-5-9-18(10-6-16)26-20(27)15-29-19-11-7-17(8-12-19)13-14-25-22(28)21(24)23(2,3)4/h5-12,21H,13-15,24H2,1-4H3,(H,25,28)(H,26,27)/t21-/m1/s1. The Morgan fingerprint density at radius 3 is 2.24 bits per heavy atom. The predicted molar refractivity (Wildman–Crippen MR) is 116 cm³/mol. The van der Waals surface area contributed by atoms with Crippen LogP contribution in [0.1, 0.15) is 31.9 Å². The van der Waals surface area contributed by atoms with Crippen LogP contribution in [0.5, 0.6) is 5.75 Å². The van der Waals surface area contributed by atoms with E-state index in [1.807, 2.05) is 76.2 Å². The fourth-order valence-corrected chi connectivity index (χ4v) is 2.57. The van der Waals surface area contributed by atoms with Crippen molar-refractivity contribution >= 4 is 17.5 Å². The molecule has 4 N–H and O–H groups in total. The lowest BCUT2D eigenvalue weighted by Crippen LogP contribution is -2.48. The summed E-state index contributed by atoms with van der Waals surface area (Å²) in [5.41, 5.74) is 8.62. The quantitative estimate of drug-likeness (QED) is 0.638. The van der Waals surface area contributed by atoms with Crippen LogP contribution in [0.4, 0.5) is 5.69 Å². The number of carbonyl (C=O) groups excluding carboxylic acids is 2. The van der Waals surface area contributed by atoms with Gasteiger partial charge in [0, 0.05) is 12.2 Å². The summed E-state index contributed by atoms with van der Waals surface area (Å²) in [6.07, 6.45) is 0.691. The van der Waals surface area contributed by atoms with Crippen LogP contribution in [0.3, 0.4) is 0 Å². The molecule has 0 bridgehead atoms. The van der Waals surface area contributed by atoms with Gasteiger partial charge in [-0.15, -0.1) is 0 Å². The molecule has 0 fully saturated rings. The SMILES string of the molecule is Cc1ccc(NC(=O)COc2ccc(CCNC(=O)[C@@H](N)C(C)(C)C)cc2)cc1. The summed E-state index contributed by atoms with van der Waals surface area (Å²) >= 11 is 0. The molecular weight excluding hydrogens is 366 g/mol. The Kier molecular flexibility index (Phi) is 7.79. The van der Waals surface area contributed by atoms with Gasteiger partial charge in [0.2, 0.25) is 5.91 Å². The summed E-state index contributed by atoms with van der Waals surface area (Å²) in [5, 5.41) is 5.67. The minimum Gasteiger partial charge on any atom is -0.484 e. The van der Waals surface area contributed by atoms with Gasteiger partial charge in [0.25, 0.3) is 5.91 Å². The number of benzene rings is 2. The molecule has 6 nitrogen and oxygen atoms in total. The van der Waals surface area contributed by atoms with Gasteiger partial charge < -0.3 is 21.1 Å². The van der Waals surface area contributed by atoms with Gasteiger partial charge in [0.05, 0.1) is 6.04 Å². The van der Waals surface area contributed by atoms with Gasteiger partial charge in [-0.05, 0) is 48.6 Å². The summed E-state index contributed by atoms with van der Waals surface area (Å²) in [5.74, 6) is 0.263. The van der Waals surface area contributed by atoms with E-state index in [0.29, 0.717) is 18.7 Å². The van der Waals surface area contributed by atoms with Crippen LogP contribution in [-0.2, 0) is 16.0 Å². The number of rotatable bonds is 8. The van der Waals surface area contributed by atoms with Crippen LogP contribution >= 0.6 is 0 Å². The average molecular weight is 398 g/mol. The molecule has 2 aromatic carbocycles. The second-order valence-electron chi connectivity index (χ2n) is 8.23. The zero-order valence-electron chi connectivity index (χ0n) is 17.6. The topological polar surface area (TPSA) is 93.5 Å². The van der Waals surface area contributed by atoms with Gasteiger partial charge in [-0.2, -0.15) is 0 Å². The molecule has 2 amide bonds. The fourth-order valence-electron chi connectivity index (χ4n) is 2.57. The van der Waals surface area contributed by atoms with Crippen LogP contribution in [0.2, 0.25) is 0 Å². The highest BCUT2D eigenvalue weighted by Crippen LogP contribution is 2.17. The number of nitrogens with one attached hydrogen (secondary N) is 2. The molecule has 0 aromatic heterocycles. The summed E-state index contributed by atoms with van der Waals surface area (Å²) in [7, 11) is 0. The maximum Gasteiger partial charge on any atom is 0.262 e. The van der Waals surface area contributed by atoms with Gasteiger partial charge in [0.15, 0.2) is 6.61 Å². The molecule has 0 aliphatic rings. The third-order valence-electron chi connectivity index (χ3n) is 4.56. The van der Waals surface area contributed by atoms with E-state index in [0.717, 1.165) is 16.8 Å². The van der Waals surface area contributed by atoms with E-state index in [4.69, 9.17) is 10.5 Å². The molecule has 0 saturated carbocycles. The van der Waals surface area contributed by atoms with Gasteiger partial charge in [-0.1, -0.05) is 50.6 Å². The molecule has 2 rings (SSSR count). The predicted octanol–water partition coefficient (Wildman–Crippen LogP) is 3.04. The lowest BCUT2D eigenvalue weighted by atomic mass is 9.87. The molecule has 0 unspecified atom stereocenters. The second-order valence-corrected chi connectivity index (χ2v) is 8.23. The first kappa shape index (κ1) is 22.4. The number of hydrogen-bond acceptors (Lipinski definition) is 4. The Balaban J connectivity index is 1.73. The first-order chi connectivity index (χ1) is 13.6. The first-order valence-electron chi connectivity index (χ1n) is 9.77. The summed E-state index contributed by atoms with van der Waals surface area (Å²) < 4.78 is 5.53. The van der Waals surface area contributed by atoms with Crippen molar-refractivity contribution in [1.29, 1.82) is 0 Å². The fraction of sp³-hybridized carbons (Fsp3) is 0.391. The first-order valence-corrected chi connectivity index (χ1v) is 9.77. The van der Waals surface area contributed by atoms with E-state index >= 15 is 0 Å².